The van der Waals surface area contributed by atoms with Crippen molar-refractivity contribution >= 4 is 22.6 Å². The molecule has 2 rings (SSSR count). The van der Waals surface area contributed by atoms with Crippen LogP contribution >= 0.6 is 22.6 Å². The summed E-state index contributed by atoms with van der Waals surface area (Å²) in [4.78, 5) is 5.11. The smallest absolute Gasteiger partial charge is 0.0645 e. The van der Waals surface area contributed by atoms with E-state index in [1.807, 2.05) is 0 Å². The van der Waals surface area contributed by atoms with Gasteiger partial charge in [-0.1, -0.05) is 22.6 Å². The molecule has 0 saturated carbocycles. The third-order valence-electron chi connectivity index (χ3n) is 2.99. The van der Waals surface area contributed by atoms with Crippen LogP contribution in [-0.2, 0) is 4.74 Å². The number of nitrogens with zero attached hydrogens (tertiary/aromatic N) is 2. The van der Waals surface area contributed by atoms with Gasteiger partial charge in [-0.25, -0.2) is 0 Å². The molecule has 1 atom stereocenters. The molecule has 2 heterocycles. The lowest BCUT2D eigenvalue weighted by molar-refractivity contribution is -0.0769. The second-order valence-electron chi connectivity index (χ2n) is 3.84. The van der Waals surface area contributed by atoms with Crippen molar-refractivity contribution < 1.29 is 4.74 Å². The molecule has 0 bridgehead atoms. The molecular weight excluding hydrogens is 279 g/mol. The quantitative estimate of drug-likeness (QED) is 0.425. The van der Waals surface area contributed by atoms with Gasteiger partial charge in [0.1, 0.15) is 0 Å². The highest BCUT2D eigenvalue weighted by molar-refractivity contribution is 14.1. The standard InChI is InChI=1S/C9H17IN2O/c1-8(10)11-2-4-12(5-3-11)9-6-13-7-9/h8-9H,2-7H2,1H3. The van der Waals surface area contributed by atoms with Crippen molar-refractivity contribution in [2.45, 2.75) is 17.0 Å². The molecule has 0 radical (unpaired) electrons. The van der Waals surface area contributed by atoms with Crippen LogP contribution in [0.1, 0.15) is 6.92 Å². The van der Waals surface area contributed by atoms with Gasteiger partial charge in [0, 0.05) is 26.2 Å². The van der Waals surface area contributed by atoms with Crippen LogP contribution in [0.2, 0.25) is 0 Å². The van der Waals surface area contributed by atoms with Gasteiger partial charge in [-0.15, -0.1) is 0 Å². The molecular formula is C9H17IN2O. The number of piperazine rings is 1. The fourth-order valence-corrected chi connectivity index (χ4v) is 2.45. The molecule has 13 heavy (non-hydrogen) atoms. The maximum absolute atomic E-state index is 5.21. The van der Waals surface area contributed by atoms with Crippen LogP contribution in [0.3, 0.4) is 0 Å². The molecule has 2 saturated heterocycles. The van der Waals surface area contributed by atoms with Gasteiger partial charge in [0.05, 0.1) is 23.3 Å². The maximum atomic E-state index is 5.21. The largest absolute Gasteiger partial charge is 0.378 e. The Balaban J connectivity index is 1.75. The Labute approximate surface area is 93.5 Å². The summed E-state index contributed by atoms with van der Waals surface area (Å²) in [5, 5.41) is 0. The lowest BCUT2D eigenvalue weighted by Gasteiger charge is -2.43. The van der Waals surface area contributed by atoms with E-state index >= 15 is 0 Å². The van der Waals surface area contributed by atoms with Gasteiger partial charge in [0.15, 0.2) is 0 Å². The Kier molecular flexibility index (Phi) is 3.45. The van der Waals surface area contributed by atoms with Gasteiger partial charge in [-0.2, -0.15) is 0 Å². The van der Waals surface area contributed by atoms with Gasteiger partial charge in [-0.05, 0) is 6.92 Å². The Hall–Kier alpha value is 0.610. The van der Waals surface area contributed by atoms with Crippen molar-refractivity contribution in [1.29, 1.82) is 0 Å². The molecule has 2 aliphatic rings. The number of ether oxygens (including phenoxy) is 1. The predicted molar refractivity (Wildman–Crippen MR) is 61.2 cm³/mol. The van der Waals surface area contributed by atoms with Crippen LogP contribution in [0.5, 0.6) is 0 Å². The first-order chi connectivity index (χ1) is 6.27. The van der Waals surface area contributed by atoms with Crippen molar-refractivity contribution in [3.05, 3.63) is 0 Å². The summed E-state index contributed by atoms with van der Waals surface area (Å²) in [7, 11) is 0. The van der Waals surface area contributed by atoms with Gasteiger partial charge in [0.25, 0.3) is 0 Å². The molecule has 2 fully saturated rings. The van der Waals surface area contributed by atoms with Crippen molar-refractivity contribution in [2.75, 3.05) is 39.4 Å². The van der Waals surface area contributed by atoms with E-state index in [4.69, 9.17) is 4.74 Å². The zero-order chi connectivity index (χ0) is 9.26. The zero-order valence-corrected chi connectivity index (χ0v) is 10.2. The molecule has 0 aromatic heterocycles. The second kappa shape index (κ2) is 4.42. The first-order valence-electron chi connectivity index (χ1n) is 4.97. The topological polar surface area (TPSA) is 15.7 Å². The van der Waals surface area contributed by atoms with E-state index in [1.54, 1.807) is 0 Å². The van der Waals surface area contributed by atoms with E-state index in [0.717, 1.165) is 19.3 Å². The molecule has 4 heteroatoms. The SMILES string of the molecule is CC(I)N1CCN(C2COC2)CC1. The average molecular weight is 296 g/mol. The van der Waals surface area contributed by atoms with Crippen LogP contribution in [0, 0.1) is 0 Å². The lowest BCUT2D eigenvalue weighted by atomic mass is 10.2. The molecule has 76 valence electrons. The molecule has 1 unspecified atom stereocenters. The van der Waals surface area contributed by atoms with Crippen LogP contribution in [-0.4, -0.2) is 59.3 Å². The minimum atomic E-state index is 0.678. The minimum Gasteiger partial charge on any atom is -0.378 e. The lowest BCUT2D eigenvalue weighted by Crippen LogP contribution is -2.57. The first-order valence-corrected chi connectivity index (χ1v) is 6.22. The van der Waals surface area contributed by atoms with E-state index in [-0.39, 0.29) is 0 Å². The summed E-state index contributed by atoms with van der Waals surface area (Å²) in [6.07, 6.45) is 0. The highest BCUT2D eigenvalue weighted by Gasteiger charge is 2.29. The van der Waals surface area contributed by atoms with Crippen molar-refractivity contribution in [3.8, 4) is 0 Å². The average Bonchev–Trinajstić information content (AvgIpc) is 2.02. The van der Waals surface area contributed by atoms with Crippen LogP contribution in [0.25, 0.3) is 0 Å². The van der Waals surface area contributed by atoms with E-state index in [2.05, 4.69) is 39.3 Å². The fraction of sp³-hybridized carbons (Fsp3) is 1.00. The summed E-state index contributed by atoms with van der Waals surface area (Å²) in [6.45, 7) is 9.08. The molecule has 0 amide bonds. The second-order valence-corrected chi connectivity index (χ2v) is 5.64. The fourth-order valence-electron chi connectivity index (χ4n) is 1.89. The van der Waals surface area contributed by atoms with E-state index in [0.29, 0.717) is 4.05 Å². The van der Waals surface area contributed by atoms with Crippen molar-refractivity contribution in [3.63, 3.8) is 0 Å². The van der Waals surface area contributed by atoms with E-state index in [9.17, 15) is 0 Å². The molecule has 0 aliphatic carbocycles. The Morgan fingerprint density at radius 1 is 1.23 bits per heavy atom. The number of alkyl halides is 1. The van der Waals surface area contributed by atoms with Crippen LogP contribution in [0.15, 0.2) is 0 Å². The third-order valence-corrected chi connectivity index (χ3v) is 3.78. The normalized spacial score (nSPS) is 30.0. The number of hydrogen-bond acceptors (Lipinski definition) is 3. The Morgan fingerprint density at radius 3 is 2.23 bits per heavy atom. The zero-order valence-electron chi connectivity index (χ0n) is 8.08. The van der Waals surface area contributed by atoms with Gasteiger partial charge in [0.2, 0.25) is 0 Å². The minimum absolute atomic E-state index is 0.678. The Bertz CT molecular complexity index is 165. The first kappa shape index (κ1) is 10.1. The maximum Gasteiger partial charge on any atom is 0.0645 e. The highest BCUT2D eigenvalue weighted by Crippen LogP contribution is 2.16. The van der Waals surface area contributed by atoms with Crippen LogP contribution in [0.4, 0.5) is 0 Å². The monoisotopic (exact) mass is 296 g/mol. The predicted octanol–water partition coefficient (Wildman–Crippen LogP) is 0.784. The van der Waals surface area contributed by atoms with E-state index < -0.39 is 0 Å². The highest BCUT2D eigenvalue weighted by atomic mass is 127. The van der Waals surface area contributed by atoms with Gasteiger partial charge < -0.3 is 4.74 Å². The third kappa shape index (κ3) is 2.34. The van der Waals surface area contributed by atoms with Gasteiger partial charge in [-0.3, -0.25) is 9.80 Å². The number of halogens is 1. The van der Waals surface area contributed by atoms with Gasteiger partial charge >= 0.3 is 0 Å². The Morgan fingerprint density at radius 2 is 1.85 bits per heavy atom. The molecule has 2 aliphatic heterocycles. The van der Waals surface area contributed by atoms with Crippen LogP contribution < -0.4 is 0 Å². The number of rotatable bonds is 2. The van der Waals surface area contributed by atoms with Crippen molar-refractivity contribution in [2.24, 2.45) is 0 Å². The summed E-state index contributed by atoms with van der Waals surface area (Å²) >= 11 is 2.49. The summed E-state index contributed by atoms with van der Waals surface area (Å²) in [5.74, 6) is 0. The molecule has 0 spiro atoms. The summed E-state index contributed by atoms with van der Waals surface area (Å²) in [6, 6.07) is 0.728. The molecule has 0 aromatic carbocycles. The van der Waals surface area contributed by atoms with E-state index in [1.165, 1.54) is 26.2 Å². The molecule has 0 N–H and O–H groups in total. The number of hydrogen-bond donors (Lipinski definition) is 0. The summed E-state index contributed by atoms with van der Waals surface area (Å²) in [5.41, 5.74) is 0. The summed E-state index contributed by atoms with van der Waals surface area (Å²) < 4.78 is 5.88. The molecule has 3 nitrogen and oxygen atoms in total. The molecule has 0 aromatic rings. The van der Waals surface area contributed by atoms with Crippen molar-refractivity contribution in [1.82, 2.24) is 9.80 Å².